The van der Waals surface area contributed by atoms with Crippen molar-refractivity contribution < 1.29 is 8.83 Å². The van der Waals surface area contributed by atoms with E-state index in [-0.39, 0.29) is 0 Å². The molecule has 0 aliphatic rings. The van der Waals surface area contributed by atoms with Crippen LogP contribution in [-0.4, -0.2) is 9.88 Å². The van der Waals surface area contributed by atoms with Crippen LogP contribution in [0.25, 0.3) is 10.8 Å². The topological polar surface area (TPSA) is 42.4 Å². The molecule has 26 heavy (non-hydrogen) atoms. The van der Waals surface area contributed by atoms with Gasteiger partial charge in [-0.1, -0.05) is 6.07 Å². The Labute approximate surface area is 160 Å². The van der Waals surface area contributed by atoms with Crippen LogP contribution in [0, 0.1) is 13.8 Å². The minimum absolute atomic E-state index is 0.706. The van der Waals surface area contributed by atoms with E-state index in [2.05, 4.69) is 24.0 Å². The fraction of sp³-hybridized carbons (Fsp3) is 0.250. The third kappa shape index (κ3) is 3.98. The van der Waals surface area contributed by atoms with Crippen LogP contribution in [0.2, 0.25) is 0 Å². The molecule has 0 spiro atoms. The van der Waals surface area contributed by atoms with Crippen molar-refractivity contribution in [2.45, 2.75) is 33.5 Å². The summed E-state index contributed by atoms with van der Waals surface area (Å²) in [6.07, 6.45) is 1.72. The van der Waals surface area contributed by atoms with Gasteiger partial charge in [0.15, 0.2) is 0 Å². The first-order valence-corrected chi connectivity index (χ1v) is 10.2. The van der Waals surface area contributed by atoms with Crippen LogP contribution in [0.4, 0.5) is 0 Å². The smallest absolute Gasteiger partial charge is 0.236 e. The van der Waals surface area contributed by atoms with E-state index in [9.17, 15) is 0 Å². The summed E-state index contributed by atoms with van der Waals surface area (Å²) in [7, 11) is 0. The number of nitrogens with zero attached hydrogens (tertiary/aromatic N) is 2. The minimum atomic E-state index is 0.706. The summed E-state index contributed by atoms with van der Waals surface area (Å²) in [6, 6.07) is 12.4. The molecule has 0 bridgehead atoms. The number of hydrogen-bond acceptors (Lipinski definition) is 6. The molecule has 0 saturated carbocycles. The molecule has 134 valence electrons. The molecule has 0 unspecified atom stereocenters. The quantitative estimate of drug-likeness (QED) is 0.399. The molecule has 4 nitrogen and oxygen atoms in total. The van der Waals surface area contributed by atoms with Crippen LogP contribution in [0.15, 0.2) is 56.9 Å². The second-order valence-corrected chi connectivity index (χ2v) is 8.56. The van der Waals surface area contributed by atoms with Crippen molar-refractivity contribution in [2.24, 2.45) is 0 Å². The molecule has 0 aliphatic heterocycles. The second kappa shape index (κ2) is 7.61. The van der Waals surface area contributed by atoms with Crippen molar-refractivity contribution in [2.75, 3.05) is 0 Å². The highest BCUT2D eigenvalue weighted by Crippen LogP contribution is 2.27. The normalized spacial score (nSPS) is 11.5. The summed E-state index contributed by atoms with van der Waals surface area (Å²) < 4.78 is 11.5. The standard InChI is InChI=1S/C20H20N2O2S2/c1-14-7-8-17(26-14)12-22(11-16-5-3-9-23-16)13-18-15(2)24-20(21-18)19-6-4-10-25-19/h3-10H,11-13H2,1-2H3. The molecule has 0 amide bonds. The zero-order valence-electron chi connectivity index (χ0n) is 14.8. The summed E-state index contributed by atoms with van der Waals surface area (Å²) in [5.74, 6) is 2.54. The van der Waals surface area contributed by atoms with Gasteiger partial charge in [0.25, 0.3) is 0 Å². The zero-order chi connectivity index (χ0) is 17.9. The number of aryl methyl sites for hydroxylation is 2. The average Bonchev–Trinajstić information content (AvgIpc) is 3.38. The fourth-order valence-corrected chi connectivity index (χ4v) is 4.46. The number of oxazole rings is 1. The molecule has 0 N–H and O–H groups in total. The van der Waals surface area contributed by atoms with Gasteiger partial charge in [0.05, 0.1) is 23.4 Å². The zero-order valence-corrected chi connectivity index (χ0v) is 16.4. The van der Waals surface area contributed by atoms with Crippen molar-refractivity contribution in [3.8, 4) is 10.8 Å². The van der Waals surface area contributed by atoms with Gasteiger partial charge in [-0.3, -0.25) is 4.90 Å². The third-order valence-electron chi connectivity index (χ3n) is 4.13. The highest BCUT2D eigenvalue weighted by molar-refractivity contribution is 7.13. The molecule has 0 radical (unpaired) electrons. The lowest BCUT2D eigenvalue weighted by Gasteiger charge is -2.19. The maximum absolute atomic E-state index is 5.90. The molecule has 4 aromatic rings. The molecule has 6 heteroatoms. The van der Waals surface area contributed by atoms with Gasteiger partial charge >= 0.3 is 0 Å². The predicted octanol–water partition coefficient (Wildman–Crippen LogP) is 5.88. The average molecular weight is 385 g/mol. The van der Waals surface area contributed by atoms with Gasteiger partial charge in [0.1, 0.15) is 11.5 Å². The monoisotopic (exact) mass is 384 g/mol. The van der Waals surface area contributed by atoms with Crippen LogP contribution in [0.3, 0.4) is 0 Å². The van der Waals surface area contributed by atoms with Crippen LogP contribution < -0.4 is 0 Å². The van der Waals surface area contributed by atoms with Gasteiger partial charge < -0.3 is 8.83 Å². The van der Waals surface area contributed by atoms with Crippen LogP contribution in [0.1, 0.15) is 27.0 Å². The maximum atomic E-state index is 5.90. The van der Waals surface area contributed by atoms with E-state index >= 15 is 0 Å². The molecule has 0 aromatic carbocycles. The Balaban J connectivity index is 1.55. The third-order valence-corrected chi connectivity index (χ3v) is 5.98. The second-order valence-electron chi connectivity index (χ2n) is 6.24. The van der Waals surface area contributed by atoms with E-state index < -0.39 is 0 Å². The van der Waals surface area contributed by atoms with E-state index in [1.807, 2.05) is 47.9 Å². The molecule has 0 atom stereocenters. The minimum Gasteiger partial charge on any atom is -0.468 e. The predicted molar refractivity (Wildman–Crippen MR) is 105 cm³/mol. The lowest BCUT2D eigenvalue weighted by atomic mass is 10.3. The van der Waals surface area contributed by atoms with Crippen LogP contribution in [0.5, 0.6) is 0 Å². The lowest BCUT2D eigenvalue weighted by Crippen LogP contribution is -2.22. The number of thiophene rings is 2. The molecule has 0 saturated heterocycles. The Hall–Kier alpha value is -2.15. The summed E-state index contributed by atoms with van der Waals surface area (Å²) in [6.45, 7) is 6.45. The molecule has 0 aliphatic carbocycles. The van der Waals surface area contributed by atoms with Crippen molar-refractivity contribution in [3.05, 3.63) is 75.0 Å². The van der Waals surface area contributed by atoms with E-state index in [1.165, 1.54) is 9.75 Å². The van der Waals surface area contributed by atoms with Crippen LogP contribution >= 0.6 is 22.7 Å². The fourth-order valence-electron chi connectivity index (χ4n) is 2.87. The highest BCUT2D eigenvalue weighted by atomic mass is 32.1. The molecular formula is C20H20N2O2S2. The van der Waals surface area contributed by atoms with Gasteiger partial charge in [0.2, 0.25) is 5.89 Å². The molecule has 0 fully saturated rings. The van der Waals surface area contributed by atoms with E-state index in [4.69, 9.17) is 13.8 Å². The summed E-state index contributed by atoms with van der Waals surface area (Å²) in [5, 5.41) is 2.04. The Bertz CT molecular complexity index is 952. The van der Waals surface area contributed by atoms with Gasteiger partial charge in [-0.2, -0.15) is 0 Å². The number of furan rings is 1. The van der Waals surface area contributed by atoms with Gasteiger partial charge in [0, 0.05) is 22.8 Å². The van der Waals surface area contributed by atoms with E-state index in [1.54, 1.807) is 17.6 Å². The van der Waals surface area contributed by atoms with Crippen molar-refractivity contribution in [1.29, 1.82) is 0 Å². The molecular weight excluding hydrogens is 364 g/mol. The van der Waals surface area contributed by atoms with Crippen molar-refractivity contribution >= 4 is 22.7 Å². The molecule has 4 aromatic heterocycles. The summed E-state index contributed by atoms with van der Waals surface area (Å²) >= 11 is 3.48. The first-order valence-electron chi connectivity index (χ1n) is 8.47. The SMILES string of the molecule is Cc1ccc(CN(Cc2ccco2)Cc2nc(-c3cccs3)oc2C)s1. The summed E-state index contributed by atoms with van der Waals surface area (Å²) in [4.78, 5) is 10.8. The van der Waals surface area contributed by atoms with Gasteiger partial charge in [-0.15, -0.1) is 22.7 Å². The Morgan fingerprint density at radius 2 is 1.96 bits per heavy atom. The number of rotatable bonds is 7. The Morgan fingerprint density at radius 1 is 1.04 bits per heavy atom. The number of hydrogen-bond donors (Lipinski definition) is 0. The maximum Gasteiger partial charge on any atom is 0.236 e. The van der Waals surface area contributed by atoms with Crippen molar-refractivity contribution in [1.82, 2.24) is 9.88 Å². The number of aromatic nitrogens is 1. The lowest BCUT2D eigenvalue weighted by molar-refractivity contribution is 0.225. The first kappa shape index (κ1) is 17.3. The van der Waals surface area contributed by atoms with E-state index in [0.717, 1.165) is 41.7 Å². The summed E-state index contributed by atoms with van der Waals surface area (Å²) in [5.41, 5.74) is 0.980. The van der Waals surface area contributed by atoms with E-state index in [0.29, 0.717) is 5.89 Å². The largest absolute Gasteiger partial charge is 0.468 e. The van der Waals surface area contributed by atoms with Crippen LogP contribution in [-0.2, 0) is 19.6 Å². The first-order chi connectivity index (χ1) is 12.7. The van der Waals surface area contributed by atoms with Gasteiger partial charge in [-0.25, -0.2) is 4.98 Å². The Morgan fingerprint density at radius 3 is 2.65 bits per heavy atom. The van der Waals surface area contributed by atoms with Gasteiger partial charge in [-0.05, 0) is 49.6 Å². The Kier molecular flexibility index (Phi) is 5.06. The molecule has 4 heterocycles. The van der Waals surface area contributed by atoms with Crippen molar-refractivity contribution in [3.63, 3.8) is 0 Å². The molecule has 4 rings (SSSR count). The highest BCUT2D eigenvalue weighted by Gasteiger charge is 2.17.